The van der Waals surface area contributed by atoms with Gasteiger partial charge in [0.25, 0.3) is 0 Å². The number of hydrogen-bond acceptors (Lipinski definition) is 3. The number of quaternary nitrogens is 1. The van der Waals surface area contributed by atoms with Crippen LogP contribution in [0.15, 0.2) is 36.4 Å². The van der Waals surface area contributed by atoms with Crippen LogP contribution in [-0.2, 0) is 14.5 Å². The van der Waals surface area contributed by atoms with Gasteiger partial charge in [0.05, 0.1) is 4.97 Å². The van der Waals surface area contributed by atoms with Crippen molar-refractivity contribution in [3.8, 4) is 0 Å². The SMILES string of the molecule is CO[N+](C)(OC)OC.[Cl-].c1ccccc1. The van der Waals surface area contributed by atoms with Crippen molar-refractivity contribution in [2.75, 3.05) is 28.4 Å². The molecular formula is C10H18ClNO3. The lowest BCUT2D eigenvalue weighted by Crippen LogP contribution is -3.00. The quantitative estimate of drug-likeness (QED) is 0.487. The highest BCUT2D eigenvalue weighted by atomic mass is 35.5. The number of hydroxylamine groups is 3. The summed E-state index contributed by atoms with van der Waals surface area (Å²) in [6.45, 7) is 0. The van der Waals surface area contributed by atoms with Gasteiger partial charge in [0.2, 0.25) is 0 Å². The van der Waals surface area contributed by atoms with Crippen LogP contribution < -0.4 is 12.4 Å². The molecule has 5 heteroatoms. The molecule has 0 amide bonds. The van der Waals surface area contributed by atoms with E-state index in [9.17, 15) is 0 Å². The fourth-order valence-corrected chi connectivity index (χ4v) is 0.609. The molecule has 0 aromatic heterocycles. The summed E-state index contributed by atoms with van der Waals surface area (Å²) in [5, 5.41) is 0. The van der Waals surface area contributed by atoms with E-state index in [2.05, 4.69) is 0 Å². The zero-order valence-electron chi connectivity index (χ0n) is 9.51. The summed E-state index contributed by atoms with van der Waals surface area (Å²) in [4.78, 5) is 13.9. The predicted octanol–water partition coefficient (Wildman–Crippen LogP) is -1.19. The number of benzene rings is 1. The van der Waals surface area contributed by atoms with Crippen LogP contribution in [0.3, 0.4) is 0 Å². The molecule has 0 N–H and O–H groups in total. The Kier molecular flexibility index (Phi) is 11.1. The molecule has 0 radical (unpaired) electrons. The van der Waals surface area contributed by atoms with Crippen LogP contribution in [0.1, 0.15) is 0 Å². The minimum atomic E-state index is -0.292. The summed E-state index contributed by atoms with van der Waals surface area (Å²) in [6, 6.07) is 12.0. The topological polar surface area (TPSA) is 27.7 Å². The fraction of sp³-hybridized carbons (Fsp3) is 0.400. The van der Waals surface area contributed by atoms with Crippen molar-refractivity contribution < 1.29 is 31.9 Å². The van der Waals surface area contributed by atoms with E-state index in [1.165, 1.54) is 21.3 Å². The molecule has 1 aromatic rings. The first-order chi connectivity index (χ1) is 6.68. The molecule has 0 atom stereocenters. The van der Waals surface area contributed by atoms with Crippen molar-refractivity contribution >= 4 is 0 Å². The van der Waals surface area contributed by atoms with Gasteiger partial charge in [-0.1, -0.05) is 36.4 Å². The average Bonchev–Trinajstić information content (AvgIpc) is 2.31. The Bertz CT molecular complexity index is 182. The van der Waals surface area contributed by atoms with E-state index >= 15 is 0 Å². The molecule has 1 aromatic carbocycles. The Balaban J connectivity index is 0. The van der Waals surface area contributed by atoms with Crippen LogP contribution in [0.5, 0.6) is 0 Å². The van der Waals surface area contributed by atoms with E-state index in [1.807, 2.05) is 36.4 Å². The summed E-state index contributed by atoms with van der Waals surface area (Å²) in [7, 11) is 6.10. The molecule has 0 saturated heterocycles. The molecule has 1 rings (SSSR count). The van der Waals surface area contributed by atoms with Crippen molar-refractivity contribution in [1.82, 2.24) is 0 Å². The second-order valence-electron chi connectivity index (χ2n) is 2.47. The standard InChI is InChI=1S/C6H6.C4H12NO3.ClH/c1-2-4-6-5-3-1;1-5(6-2,7-3)8-4;/h1-6H;1-4H3;1H/q;+1;/p-1. The van der Waals surface area contributed by atoms with Gasteiger partial charge in [0, 0.05) is 0 Å². The Hall–Kier alpha value is -0.650. The Morgan fingerprint density at radius 2 is 0.867 bits per heavy atom. The highest BCUT2D eigenvalue weighted by molar-refractivity contribution is 4.99. The maximum absolute atomic E-state index is 4.73. The Morgan fingerprint density at radius 1 is 0.667 bits per heavy atom. The second kappa shape index (κ2) is 9.89. The van der Waals surface area contributed by atoms with E-state index in [1.54, 1.807) is 7.05 Å². The molecule has 15 heavy (non-hydrogen) atoms. The van der Waals surface area contributed by atoms with Crippen LogP contribution in [0.2, 0.25) is 0 Å². The summed E-state index contributed by atoms with van der Waals surface area (Å²) in [5.74, 6) is 0. The zero-order chi connectivity index (χ0) is 10.9. The number of rotatable bonds is 3. The van der Waals surface area contributed by atoms with Crippen LogP contribution in [-0.4, -0.2) is 33.4 Å². The largest absolute Gasteiger partial charge is 1.00 e. The third-order valence-corrected chi connectivity index (χ3v) is 1.66. The van der Waals surface area contributed by atoms with E-state index in [0.717, 1.165) is 0 Å². The first-order valence-corrected chi connectivity index (χ1v) is 4.22. The lowest BCUT2D eigenvalue weighted by atomic mass is 10.4. The first kappa shape index (κ1) is 16.8. The minimum absolute atomic E-state index is 0. The molecule has 0 aliphatic heterocycles. The molecule has 0 bridgehead atoms. The predicted molar refractivity (Wildman–Crippen MR) is 53.7 cm³/mol. The van der Waals surface area contributed by atoms with Gasteiger partial charge in [-0.2, -0.15) is 0 Å². The van der Waals surface area contributed by atoms with Crippen LogP contribution >= 0.6 is 0 Å². The summed E-state index contributed by atoms with van der Waals surface area (Å²) >= 11 is 0. The monoisotopic (exact) mass is 235 g/mol. The molecule has 0 unspecified atom stereocenters. The van der Waals surface area contributed by atoms with Crippen LogP contribution in [0.4, 0.5) is 0 Å². The molecular weight excluding hydrogens is 218 g/mol. The lowest BCUT2D eigenvalue weighted by Gasteiger charge is -2.19. The Morgan fingerprint density at radius 3 is 0.933 bits per heavy atom. The van der Waals surface area contributed by atoms with Crippen molar-refractivity contribution in [2.24, 2.45) is 0 Å². The molecule has 0 aliphatic rings. The Labute approximate surface area is 97.2 Å². The van der Waals surface area contributed by atoms with Gasteiger partial charge in [-0.3, -0.25) is 0 Å². The lowest BCUT2D eigenvalue weighted by molar-refractivity contribution is -1.35. The van der Waals surface area contributed by atoms with E-state index < -0.39 is 0 Å². The van der Waals surface area contributed by atoms with Gasteiger partial charge in [-0.15, -0.1) is 14.5 Å². The molecule has 88 valence electrons. The van der Waals surface area contributed by atoms with Gasteiger partial charge in [0.1, 0.15) is 21.3 Å². The van der Waals surface area contributed by atoms with E-state index in [0.29, 0.717) is 0 Å². The van der Waals surface area contributed by atoms with Crippen molar-refractivity contribution in [3.05, 3.63) is 36.4 Å². The van der Waals surface area contributed by atoms with Crippen molar-refractivity contribution in [3.63, 3.8) is 0 Å². The van der Waals surface area contributed by atoms with E-state index in [4.69, 9.17) is 14.5 Å². The van der Waals surface area contributed by atoms with Crippen LogP contribution in [0.25, 0.3) is 0 Å². The number of hydrogen-bond donors (Lipinski definition) is 0. The average molecular weight is 236 g/mol. The van der Waals surface area contributed by atoms with Gasteiger partial charge in [0.15, 0.2) is 7.05 Å². The molecule has 4 nitrogen and oxygen atoms in total. The normalized spacial score (nSPS) is 9.60. The van der Waals surface area contributed by atoms with Crippen LogP contribution in [0, 0.1) is 0 Å². The smallest absolute Gasteiger partial charge is 0.168 e. The molecule has 0 spiro atoms. The number of halogens is 1. The third-order valence-electron chi connectivity index (χ3n) is 1.66. The molecule has 0 saturated carbocycles. The molecule has 0 fully saturated rings. The summed E-state index contributed by atoms with van der Waals surface area (Å²) < 4.78 is 0. The molecule has 0 heterocycles. The minimum Gasteiger partial charge on any atom is -1.00 e. The highest BCUT2D eigenvalue weighted by Crippen LogP contribution is 1.99. The van der Waals surface area contributed by atoms with E-state index in [-0.39, 0.29) is 17.4 Å². The summed E-state index contributed by atoms with van der Waals surface area (Å²) in [5.41, 5.74) is 0. The number of nitrogens with zero attached hydrogens (tertiary/aromatic N) is 1. The third kappa shape index (κ3) is 8.35. The maximum Gasteiger partial charge on any atom is 0.168 e. The molecule has 0 aliphatic carbocycles. The highest BCUT2D eigenvalue weighted by Gasteiger charge is 2.20. The van der Waals surface area contributed by atoms with Gasteiger partial charge >= 0.3 is 0 Å². The second-order valence-corrected chi connectivity index (χ2v) is 2.47. The van der Waals surface area contributed by atoms with Gasteiger partial charge in [-0.25, -0.2) is 0 Å². The van der Waals surface area contributed by atoms with Gasteiger partial charge in [-0.05, 0) is 0 Å². The summed E-state index contributed by atoms with van der Waals surface area (Å²) in [6.07, 6.45) is 0. The fourth-order valence-electron chi connectivity index (χ4n) is 0.609. The first-order valence-electron chi connectivity index (χ1n) is 4.22. The van der Waals surface area contributed by atoms with Crippen molar-refractivity contribution in [2.45, 2.75) is 0 Å². The van der Waals surface area contributed by atoms with Gasteiger partial charge < -0.3 is 12.4 Å². The zero-order valence-corrected chi connectivity index (χ0v) is 10.3. The van der Waals surface area contributed by atoms with Crippen molar-refractivity contribution in [1.29, 1.82) is 0 Å². The maximum atomic E-state index is 4.73.